The van der Waals surface area contributed by atoms with E-state index < -0.39 is 11.5 Å². The molecule has 0 saturated heterocycles. The Bertz CT molecular complexity index is 513. The van der Waals surface area contributed by atoms with Crippen molar-refractivity contribution in [2.45, 2.75) is 31.7 Å². The van der Waals surface area contributed by atoms with Crippen LogP contribution in [0.5, 0.6) is 11.5 Å². The molecule has 5 nitrogen and oxygen atoms in total. The van der Waals surface area contributed by atoms with Crippen LogP contribution < -0.4 is 14.8 Å². The lowest BCUT2D eigenvalue weighted by Gasteiger charge is -2.27. The van der Waals surface area contributed by atoms with Crippen LogP contribution in [-0.4, -0.2) is 37.4 Å². The Morgan fingerprint density at radius 1 is 1.33 bits per heavy atom. The van der Waals surface area contributed by atoms with Crippen molar-refractivity contribution in [2.75, 3.05) is 20.8 Å². The number of methoxy groups -OCH3 is 2. The lowest BCUT2D eigenvalue weighted by Crippen LogP contribution is -2.52. The first-order chi connectivity index (χ1) is 9.98. The number of hydrogen-bond donors (Lipinski definition) is 2. The molecule has 2 rings (SSSR count). The number of carboxylic acids is 1. The fourth-order valence-electron chi connectivity index (χ4n) is 2.30. The topological polar surface area (TPSA) is 67.8 Å². The van der Waals surface area contributed by atoms with Crippen LogP contribution in [0.15, 0.2) is 18.2 Å². The average molecular weight is 293 g/mol. The highest BCUT2D eigenvalue weighted by molar-refractivity contribution is 5.78. The van der Waals surface area contributed by atoms with Crippen molar-refractivity contribution in [3.8, 4) is 11.5 Å². The van der Waals surface area contributed by atoms with E-state index in [0.29, 0.717) is 23.8 Å². The number of rotatable bonds is 8. The van der Waals surface area contributed by atoms with Crippen molar-refractivity contribution in [3.63, 3.8) is 0 Å². The molecule has 1 atom stereocenters. The molecule has 2 N–H and O–H groups in total. The Morgan fingerprint density at radius 2 is 2.00 bits per heavy atom. The number of ether oxygens (including phenoxy) is 2. The molecule has 1 aromatic carbocycles. The summed E-state index contributed by atoms with van der Waals surface area (Å²) in [5.74, 6) is 1.06. The normalized spacial score (nSPS) is 17.1. The van der Waals surface area contributed by atoms with Gasteiger partial charge in [-0.1, -0.05) is 6.07 Å². The van der Waals surface area contributed by atoms with Gasteiger partial charge >= 0.3 is 5.97 Å². The van der Waals surface area contributed by atoms with Gasteiger partial charge in [-0.25, -0.2) is 0 Å². The second kappa shape index (κ2) is 6.35. The summed E-state index contributed by atoms with van der Waals surface area (Å²) in [6.07, 6.45) is 2.79. The second-order valence-corrected chi connectivity index (χ2v) is 5.83. The number of carbonyl (C=O) groups is 1. The average Bonchev–Trinajstić information content (AvgIpc) is 3.29. The third-order valence-corrected chi connectivity index (χ3v) is 3.96. The summed E-state index contributed by atoms with van der Waals surface area (Å²) in [5, 5.41) is 12.7. The molecule has 21 heavy (non-hydrogen) atoms. The second-order valence-electron chi connectivity index (χ2n) is 5.83. The van der Waals surface area contributed by atoms with Crippen molar-refractivity contribution in [1.29, 1.82) is 0 Å². The van der Waals surface area contributed by atoms with E-state index in [1.807, 2.05) is 12.1 Å². The lowest BCUT2D eigenvalue weighted by molar-refractivity contribution is -0.144. The fraction of sp³-hybridized carbons (Fsp3) is 0.562. The summed E-state index contributed by atoms with van der Waals surface area (Å²) in [4.78, 5) is 11.6. The van der Waals surface area contributed by atoms with E-state index in [2.05, 4.69) is 5.32 Å². The molecule has 1 unspecified atom stereocenters. The molecule has 0 bridgehead atoms. The molecular formula is C16H23NO4. The molecule has 0 radical (unpaired) electrons. The number of benzene rings is 1. The van der Waals surface area contributed by atoms with Gasteiger partial charge in [0.2, 0.25) is 0 Å². The van der Waals surface area contributed by atoms with Crippen molar-refractivity contribution < 1.29 is 19.4 Å². The van der Waals surface area contributed by atoms with E-state index in [-0.39, 0.29) is 0 Å². The van der Waals surface area contributed by atoms with Crippen LogP contribution in [0.2, 0.25) is 0 Å². The van der Waals surface area contributed by atoms with Gasteiger partial charge in [0.15, 0.2) is 11.5 Å². The van der Waals surface area contributed by atoms with Gasteiger partial charge in [0, 0.05) is 6.42 Å². The minimum atomic E-state index is -0.970. The predicted octanol–water partition coefficient (Wildman–Crippen LogP) is 2.09. The number of carboxylic acid groups (broad SMARTS) is 1. The fourth-order valence-corrected chi connectivity index (χ4v) is 2.30. The van der Waals surface area contributed by atoms with Crippen LogP contribution in [0.4, 0.5) is 0 Å². The molecule has 0 spiro atoms. The van der Waals surface area contributed by atoms with Gasteiger partial charge in [0.25, 0.3) is 0 Å². The quantitative estimate of drug-likeness (QED) is 0.768. The van der Waals surface area contributed by atoms with E-state index >= 15 is 0 Å². The van der Waals surface area contributed by atoms with E-state index in [1.165, 1.54) is 12.8 Å². The zero-order valence-corrected chi connectivity index (χ0v) is 12.8. The Morgan fingerprint density at radius 3 is 2.52 bits per heavy atom. The van der Waals surface area contributed by atoms with Crippen LogP contribution >= 0.6 is 0 Å². The summed E-state index contributed by atoms with van der Waals surface area (Å²) in [5.41, 5.74) is -0.0665. The maximum absolute atomic E-state index is 11.6. The van der Waals surface area contributed by atoms with Crippen LogP contribution in [-0.2, 0) is 11.2 Å². The number of aliphatic carboxylic acids is 1. The van der Waals surface area contributed by atoms with E-state index in [4.69, 9.17) is 9.47 Å². The van der Waals surface area contributed by atoms with Crippen molar-refractivity contribution in [2.24, 2.45) is 5.92 Å². The van der Waals surface area contributed by atoms with Crippen LogP contribution in [0.1, 0.15) is 25.3 Å². The van der Waals surface area contributed by atoms with Gasteiger partial charge in [-0.05, 0) is 49.9 Å². The number of hydrogen-bond acceptors (Lipinski definition) is 4. The highest BCUT2D eigenvalue weighted by atomic mass is 16.5. The molecule has 5 heteroatoms. The van der Waals surface area contributed by atoms with Gasteiger partial charge in [-0.3, -0.25) is 4.79 Å². The maximum atomic E-state index is 11.6. The lowest BCUT2D eigenvalue weighted by atomic mass is 9.92. The zero-order chi connectivity index (χ0) is 15.5. The monoisotopic (exact) mass is 293 g/mol. The van der Waals surface area contributed by atoms with Gasteiger partial charge in [0.1, 0.15) is 5.54 Å². The first kappa shape index (κ1) is 15.6. The SMILES string of the molecule is COc1ccc(CC(C)(NCC2CC2)C(=O)O)cc1OC. The van der Waals surface area contributed by atoms with Gasteiger partial charge < -0.3 is 19.9 Å². The summed E-state index contributed by atoms with van der Waals surface area (Å²) >= 11 is 0. The first-order valence-corrected chi connectivity index (χ1v) is 7.18. The third-order valence-electron chi connectivity index (χ3n) is 3.96. The molecule has 0 heterocycles. The first-order valence-electron chi connectivity index (χ1n) is 7.18. The van der Waals surface area contributed by atoms with E-state index in [1.54, 1.807) is 27.2 Å². The summed E-state index contributed by atoms with van der Waals surface area (Å²) in [6, 6.07) is 5.51. The molecular weight excluding hydrogens is 270 g/mol. The minimum Gasteiger partial charge on any atom is -0.493 e. The standard InChI is InChI=1S/C16H23NO4/c1-16(15(18)19,17-10-11-4-5-11)9-12-6-7-13(20-2)14(8-12)21-3/h6-8,11,17H,4-5,9-10H2,1-3H3,(H,18,19). The van der Waals surface area contributed by atoms with E-state index in [0.717, 1.165) is 12.1 Å². The molecule has 116 valence electrons. The minimum absolute atomic E-state index is 0.398. The Balaban J connectivity index is 2.13. The summed E-state index contributed by atoms with van der Waals surface area (Å²) in [7, 11) is 3.15. The smallest absolute Gasteiger partial charge is 0.323 e. The van der Waals surface area contributed by atoms with Crippen LogP contribution in [0, 0.1) is 5.92 Å². The Labute approximate surface area is 125 Å². The Kier molecular flexibility index (Phi) is 4.73. The predicted molar refractivity (Wildman–Crippen MR) is 80.0 cm³/mol. The van der Waals surface area contributed by atoms with Gasteiger partial charge in [-0.15, -0.1) is 0 Å². The maximum Gasteiger partial charge on any atom is 0.323 e. The highest BCUT2D eigenvalue weighted by Crippen LogP contribution is 2.31. The largest absolute Gasteiger partial charge is 0.493 e. The Hall–Kier alpha value is -1.75. The molecule has 0 aliphatic heterocycles. The molecule has 1 aromatic rings. The van der Waals surface area contributed by atoms with E-state index in [9.17, 15) is 9.90 Å². The van der Waals surface area contributed by atoms with Crippen molar-refractivity contribution in [1.82, 2.24) is 5.32 Å². The summed E-state index contributed by atoms with van der Waals surface area (Å²) < 4.78 is 10.5. The van der Waals surface area contributed by atoms with Gasteiger partial charge in [-0.2, -0.15) is 0 Å². The molecule has 1 aliphatic rings. The van der Waals surface area contributed by atoms with Crippen LogP contribution in [0.3, 0.4) is 0 Å². The third kappa shape index (κ3) is 3.88. The molecule has 0 amide bonds. The number of nitrogens with one attached hydrogen (secondary N) is 1. The molecule has 1 saturated carbocycles. The van der Waals surface area contributed by atoms with Crippen molar-refractivity contribution in [3.05, 3.63) is 23.8 Å². The molecule has 1 fully saturated rings. The summed E-state index contributed by atoms with van der Waals surface area (Å²) in [6.45, 7) is 2.49. The van der Waals surface area contributed by atoms with Crippen LogP contribution in [0.25, 0.3) is 0 Å². The molecule has 0 aromatic heterocycles. The molecule has 1 aliphatic carbocycles. The zero-order valence-electron chi connectivity index (χ0n) is 12.8. The van der Waals surface area contributed by atoms with Crippen molar-refractivity contribution >= 4 is 5.97 Å². The highest BCUT2D eigenvalue weighted by Gasteiger charge is 2.35. The van der Waals surface area contributed by atoms with Gasteiger partial charge in [0.05, 0.1) is 14.2 Å².